The van der Waals surface area contributed by atoms with E-state index in [9.17, 15) is 19.8 Å². The molecule has 0 atom stereocenters. The molecule has 4 rings (SSSR count). The number of thioether (sulfide) groups is 1. The summed E-state index contributed by atoms with van der Waals surface area (Å²) < 4.78 is 1.50. The Morgan fingerprint density at radius 3 is 2.85 bits per heavy atom. The Balaban J connectivity index is 1.63. The van der Waals surface area contributed by atoms with Crippen molar-refractivity contribution in [3.8, 4) is 11.5 Å². The number of hydrogen-bond acceptors (Lipinski definition) is 7. The molecule has 140 valence electrons. The maximum absolute atomic E-state index is 12.9. The smallest absolute Gasteiger partial charge is 0.262 e. The zero-order valence-corrected chi connectivity index (χ0v) is 16.3. The van der Waals surface area contributed by atoms with Crippen molar-refractivity contribution < 1.29 is 15.0 Å². The van der Waals surface area contributed by atoms with Gasteiger partial charge in [0.1, 0.15) is 16.3 Å². The molecular weight excluding hydrogens is 384 g/mol. The van der Waals surface area contributed by atoms with Crippen LogP contribution in [0.5, 0.6) is 11.5 Å². The first-order valence-corrected chi connectivity index (χ1v) is 10.4. The molecule has 1 aliphatic carbocycles. The van der Waals surface area contributed by atoms with Gasteiger partial charge in [-0.2, -0.15) is 0 Å². The number of aryl methyl sites for hydroxylation is 2. The van der Waals surface area contributed by atoms with Crippen LogP contribution in [0.2, 0.25) is 0 Å². The van der Waals surface area contributed by atoms with Crippen molar-refractivity contribution in [3.63, 3.8) is 0 Å². The standard InChI is InChI=1S/C19H18N2O4S2/c1-21-18(25)16-12-4-2-3-5-15(12)27-17(16)20-19(21)26-9-14(24)11-7-6-10(22)8-13(11)23/h6-8,22-23H,2-5,9H2,1H3. The molecule has 1 aromatic carbocycles. The molecule has 0 aliphatic heterocycles. The quantitative estimate of drug-likeness (QED) is 0.395. The molecule has 0 spiro atoms. The SMILES string of the molecule is Cn1c(SCC(=O)c2ccc(O)cc2O)nc2sc3c(c2c1=O)CCCC3. The van der Waals surface area contributed by atoms with E-state index >= 15 is 0 Å². The van der Waals surface area contributed by atoms with Crippen LogP contribution < -0.4 is 5.56 Å². The number of phenols is 2. The summed E-state index contributed by atoms with van der Waals surface area (Å²) in [4.78, 5) is 31.9. The van der Waals surface area contributed by atoms with Gasteiger partial charge in [-0.1, -0.05) is 11.8 Å². The number of hydrogen-bond donors (Lipinski definition) is 2. The van der Waals surface area contributed by atoms with Gasteiger partial charge in [-0.15, -0.1) is 11.3 Å². The van der Waals surface area contributed by atoms with Gasteiger partial charge in [0.25, 0.3) is 5.56 Å². The lowest BCUT2D eigenvalue weighted by atomic mass is 9.97. The second-order valence-electron chi connectivity index (χ2n) is 6.56. The molecule has 0 radical (unpaired) electrons. The van der Waals surface area contributed by atoms with E-state index in [2.05, 4.69) is 4.98 Å². The first kappa shape index (κ1) is 18.1. The van der Waals surface area contributed by atoms with Crippen LogP contribution >= 0.6 is 23.1 Å². The first-order chi connectivity index (χ1) is 13.0. The molecule has 2 heterocycles. The number of Topliss-reactive ketones (excluding diaryl/α,β-unsaturated/α-hetero) is 1. The third-order valence-corrected chi connectivity index (χ3v) is 6.98. The Morgan fingerprint density at radius 2 is 2.07 bits per heavy atom. The van der Waals surface area contributed by atoms with Crippen molar-refractivity contribution in [2.75, 3.05) is 5.75 Å². The number of carbonyl (C=O) groups is 1. The Labute approximate surface area is 163 Å². The number of ketones is 1. The minimum atomic E-state index is -0.294. The molecular formula is C19H18N2O4S2. The van der Waals surface area contributed by atoms with Crippen molar-refractivity contribution in [2.45, 2.75) is 30.8 Å². The molecule has 1 aliphatic rings. The summed E-state index contributed by atoms with van der Waals surface area (Å²) in [5.74, 6) is -0.621. The van der Waals surface area contributed by atoms with Crippen LogP contribution in [-0.2, 0) is 19.9 Å². The van der Waals surface area contributed by atoms with Crippen LogP contribution in [0.3, 0.4) is 0 Å². The van der Waals surface area contributed by atoms with Crippen LogP contribution in [-0.4, -0.2) is 31.3 Å². The maximum Gasteiger partial charge on any atom is 0.262 e. The molecule has 0 bridgehead atoms. The fourth-order valence-corrected chi connectivity index (χ4v) is 5.52. The molecule has 0 saturated carbocycles. The monoisotopic (exact) mass is 402 g/mol. The van der Waals surface area contributed by atoms with Crippen molar-refractivity contribution in [1.82, 2.24) is 9.55 Å². The normalized spacial score (nSPS) is 13.7. The lowest BCUT2D eigenvalue weighted by Crippen LogP contribution is -2.21. The first-order valence-electron chi connectivity index (χ1n) is 8.65. The van der Waals surface area contributed by atoms with E-state index in [0.717, 1.165) is 47.5 Å². The highest BCUT2D eigenvalue weighted by atomic mass is 32.2. The van der Waals surface area contributed by atoms with Gasteiger partial charge in [0, 0.05) is 18.0 Å². The fourth-order valence-electron chi connectivity index (χ4n) is 3.36. The molecule has 0 saturated heterocycles. The van der Waals surface area contributed by atoms with E-state index in [1.165, 1.54) is 33.3 Å². The topological polar surface area (TPSA) is 92.4 Å². The third kappa shape index (κ3) is 3.23. The summed E-state index contributed by atoms with van der Waals surface area (Å²) in [7, 11) is 1.67. The van der Waals surface area contributed by atoms with E-state index in [0.29, 0.717) is 5.16 Å². The second kappa shape index (κ2) is 7.01. The molecule has 0 amide bonds. The summed E-state index contributed by atoms with van der Waals surface area (Å²) in [6.07, 6.45) is 4.17. The minimum Gasteiger partial charge on any atom is -0.508 e. The summed E-state index contributed by atoms with van der Waals surface area (Å²) in [5.41, 5.74) is 1.22. The average molecular weight is 402 g/mol. The Kier molecular flexibility index (Phi) is 4.69. The lowest BCUT2D eigenvalue weighted by Gasteiger charge is -2.11. The van der Waals surface area contributed by atoms with Crippen LogP contribution in [0.1, 0.15) is 33.6 Å². The number of aromatic hydroxyl groups is 2. The van der Waals surface area contributed by atoms with Gasteiger partial charge >= 0.3 is 0 Å². The largest absolute Gasteiger partial charge is 0.508 e. The summed E-state index contributed by atoms with van der Waals surface area (Å²) >= 11 is 2.75. The molecule has 0 unspecified atom stereocenters. The Hall–Kier alpha value is -2.32. The highest BCUT2D eigenvalue weighted by Gasteiger charge is 2.22. The Morgan fingerprint density at radius 1 is 1.30 bits per heavy atom. The molecule has 8 heteroatoms. The second-order valence-corrected chi connectivity index (χ2v) is 8.59. The van der Waals surface area contributed by atoms with Gasteiger partial charge in [-0.25, -0.2) is 4.98 Å². The summed E-state index contributed by atoms with van der Waals surface area (Å²) in [6, 6.07) is 3.87. The minimum absolute atomic E-state index is 0.0369. The number of phenolic OH excluding ortho intramolecular Hbond substituents is 2. The van der Waals surface area contributed by atoms with Crippen molar-refractivity contribution in [2.24, 2.45) is 7.05 Å². The molecule has 0 fully saturated rings. The van der Waals surface area contributed by atoms with Crippen molar-refractivity contribution >= 4 is 39.1 Å². The predicted octanol–water partition coefficient (Wildman–Crippen LogP) is 3.26. The van der Waals surface area contributed by atoms with Crippen molar-refractivity contribution in [3.05, 3.63) is 44.6 Å². The average Bonchev–Trinajstić information content (AvgIpc) is 3.01. The highest BCUT2D eigenvalue weighted by molar-refractivity contribution is 7.99. The van der Waals surface area contributed by atoms with Crippen LogP contribution in [0, 0.1) is 0 Å². The molecule has 2 aromatic heterocycles. The van der Waals surface area contributed by atoms with Gasteiger partial charge in [-0.05, 0) is 43.4 Å². The van der Waals surface area contributed by atoms with Gasteiger partial charge in [0.05, 0.1) is 16.7 Å². The Bertz CT molecular complexity index is 1120. The number of carbonyl (C=O) groups excluding carboxylic acids is 1. The number of fused-ring (bicyclic) bond motifs is 3. The van der Waals surface area contributed by atoms with Crippen LogP contribution in [0.15, 0.2) is 28.2 Å². The van der Waals surface area contributed by atoms with E-state index in [4.69, 9.17) is 0 Å². The molecule has 27 heavy (non-hydrogen) atoms. The molecule has 2 N–H and O–H groups in total. The molecule has 3 aromatic rings. The van der Waals surface area contributed by atoms with Gasteiger partial charge < -0.3 is 10.2 Å². The van der Waals surface area contributed by atoms with E-state index in [-0.39, 0.29) is 34.2 Å². The van der Waals surface area contributed by atoms with E-state index in [1.807, 2.05) is 0 Å². The van der Waals surface area contributed by atoms with Crippen LogP contribution in [0.25, 0.3) is 10.2 Å². The van der Waals surface area contributed by atoms with Gasteiger partial charge in [0.15, 0.2) is 10.9 Å². The van der Waals surface area contributed by atoms with E-state index < -0.39 is 0 Å². The maximum atomic E-state index is 12.9. The van der Waals surface area contributed by atoms with Crippen LogP contribution in [0.4, 0.5) is 0 Å². The zero-order valence-electron chi connectivity index (χ0n) is 14.7. The number of nitrogens with zero attached hydrogens (tertiary/aromatic N) is 2. The predicted molar refractivity (Wildman–Crippen MR) is 106 cm³/mol. The van der Waals surface area contributed by atoms with Gasteiger partial charge in [0.2, 0.25) is 0 Å². The fraction of sp³-hybridized carbons (Fsp3) is 0.316. The summed E-state index contributed by atoms with van der Waals surface area (Å²) in [5, 5.41) is 20.4. The zero-order chi connectivity index (χ0) is 19.1. The number of rotatable bonds is 4. The highest BCUT2D eigenvalue weighted by Crippen LogP contribution is 2.34. The van der Waals surface area contributed by atoms with Gasteiger partial charge in [-0.3, -0.25) is 14.2 Å². The summed E-state index contributed by atoms with van der Waals surface area (Å²) in [6.45, 7) is 0. The number of benzene rings is 1. The number of thiophene rings is 1. The van der Waals surface area contributed by atoms with Crippen molar-refractivity contribution in [1.29, 1.82) is 0 Å². The lowest BCUT2D eigenvalue weighted by molar-refractivity contribution is 0.102. The van der Waals surface area contributed by atoms with E-state index in [1.54, 1.807) is 18.4 Å². The third-order valence-electron chi connectivity index (χ3n) is 4.77. The molecule has 6 nitrogen and oxygen atoms in total. The number of aromatic nitrogens is 2.